The highest BCUT2D eigenvalue weighted by molar-refractivity contribution is 5.94. The van der Waals surface area contributed by atoms with Gasteiger partial charge in [-0.2, -0.15) is 0 Å². The number of hydrogen-bond acceptors (Lipinski definition) is 32. The van der Waals surface area contributed by atoms with E-state index in [1.165, 1.54) is 0 Å². The van der Waals surface area contributed by atoms with E-state index in [0.717, 1.165) is 256 Å². The number of alkyl halides is 4. The molecule has 6 aliphatic heterocycles. The average Bonchev–Trinajstić information content (AvgIpc) is 1.06. The quantitative estimate of drug-likeness (QED) is 0.0408. The Bertz CT molecular complexity index is 6240. The monoisotopic (exact) mass is 1860 g/mol. The van der Waals surface area contributed by atoms with Crippen molar-refractivity contribution < 1.29 is 56.9 Å². The van der Waals surface area contributed by atoms with E-state index in [1.807, 2.05) is 121 Å². The number of hydrogen-bond donors (Lipinski definition) is 4. The van der Waals surface area contributed by atoms with Gasteiger partial charge in [-0.1, -0.05) is 0 Å². The van der Waals surface area contributed by atoms with Crippen LogP contribution in [0.15, 0.2) is 122 Å². The summed E-state index contributed by atoms with van der Waals surface area (Å²) in [4.78, 5) is 90.9. The number of ether oxygens (including phenoxy) is 4. The SMILES string of the molecule is COc1cccnc1C1CCN(c2nc(C3(F)CC3)nc3cnc(N(C)CCO)cc23)CC1.COc1cccnc1C1CCN(c2nc(C3(F)CC3)nc3cnc(N4CC[C@H](O)C4)cc23)CC1.COc1cccnc1C1CCN(c2nc(C3(F)CCC3)nc3cnc(N(C)CCO)cc23)CC1.COc1cccnc1C1CCN(c2nc(C3(F)CCC3)nc3cnc(N4CC[C@H](O)C4)cc23)CC1. The molecule has 18 heterocycles. The van der Waals surface area contributed by atoms with Gasteiger partial charge in [0.05, 0.1) is 123 Å². The summed E-state index contributed by atoms with van der Waals surface area (Å²) in [6.45, 7) is 9.93. The molecule has 12 aromatic rings. The molecule has 22 rings (SSSR count). The minimum atomic E-state index is -1.45. The lowest BCUT2D eigenvalue weighted by atomic mass is 9.81. The zero-order valence-corrected chi connectivity index (χ0v) is 78.1. The zero-order valence-electron chi connectivity index (χ0n) is 78.1. The van der Waals surface area contributed by atoms with Gasteiger partial charge < -0.3 is 78.6 Å². The maximum atomic E-state index is 15.4. The predicted octanol–water partition coefficient (Wildman–Crippen LogP) is 13.9. The van der Waals surface area contributed by atoms with Crippen molar-refractivity contribution in [2.45, 2.75) is 187 Å². The van der Waals surface area contributed by atoms with Crippen molar-refractivity contribution in [3.63, 3.8) is 0 Å². The fourth-order valence-corrected chi connectivity index (χ4v) is 20.1. The van der Waals surface area contributed by atoms with Crippen LogP contribution in [-0.4, -0.2) is 260 Å². The van der Waals surface area contributed by atoms with Gasteiger partial charge in [0.25, 0.3) is 0 Å². The van der Waals surface area contributed by atoms with Gasteiger partial charge in [-0.15, -0.1) is 0 Å². The number of β-amino-alcohol motifs (C(OH)–C–C–N with tert-alkyl or cyclic N) is 2. The van der Waals surface area contributed by atoms with E-state index in [0.29, 0.717) is 123 Å². The Hall–Kier alpha value is -12.3. The molecule has 32 nitrogen and oxygen atoms in total. The number of methoxy groups -OCH3 is 4. The van der Waals surface area contributed by atoms with Crippen molar-refractivity contribution in [3.8, 4) is 23.0 Å². The molecule has 2 atom stereocenters. The molecule has 36 heteroatoms. The van der Waals surface area contributed by atoms with E-state index in [9.17, 15) is 24.8 Å². The number of fused-ring (bicyclic) bond motifs is 4. The molecule has 0 radical (unpaired) electrons. The molecule has 0 unspecified atom stereocenters. The van der Waals surface area contributed by atoms with Gasteiger partial charge in [-0.05, 0) is 201 Å². The summed E-state index contributed by atoms with van der Waals surface area (Å²) in [5.41, 5.74) is 0.888. The summed E-state index contributed by atoms with van der Waals surface area (Å²) in [5, 5.41) is 42.1. The molecule has 6 saturated heterocycles. The number of piperidine rings is 4. The molecule has 4 aliphatic carbocycles. The van der Waals surface area contributed by atoms with Crippen LogP contribution in [0.3, 0.4) is 0 Å². The minimum absolute atomic E-state index is 0.0351. The second-order valence-electron chi connectivity index (χ2n) is 37.8. The number of aromatic nitrogens is 16. The first-order valence-corrected chi connectivity index (χ1v) is 48.1. The number of anilines is 8. The normalized spacial score (nSPS) is 20.2. The zero-order chi connectivity index (χ0) is 94.0. The molecular weight excluding hydrogens is 1740 g/mol. The van der Waals surface area contributed by atoms with E-state index < -0.39 is 22.7 Å². The number of aliphatic hydroxyl groups is 4. The highest BCUT2D eigenvalue weighted by Gasteiger charge is 2.51. The van der Waals surface area contributed by atoms with Crippen LogP contribution >= 0.6 is 0 Å². The molecule has 0 bridgehead atoms. The van der Waals surface area contributed by atoms with Crippen LogP contribution in [-0.2, 0) is 22.7 Å². The second-order valence-corrected chi connectivity index (χ2v) is 37.8. The number of nitrogens with zero attached hydrogens (tertiary/aromatic N) is 24. The van der Waals surface area contributed by atoms with E-state index >= 15 is 13.2 Å². The molecule has 10 aliphatic rings. The Balaban J connectivity index is 0.000000116. The predicted molar refractivity (Wildman–Crippen MR) is 513 cm³/mol. The molecule has 4 N–H and O–H groups in total. The van der Waals surface area contributed by atoms with Crippen LogP contribution in [0.2, 0.25) is 0 Å². The third kappa shape index (κ3) is 19.5. The topological polar surface area (TPSA) is 350 Å². The Morgan fingerprint density at radius 3 is 0.831 bits per heavy atom. The third-order valence-corrected chi connectivity index (χ3v) is 28.9. The lowest BCUT2D eigenvalue weighted by Crippen LogP contribution is -2.36. The Labute approximate surface area is 787 Å². The van der Waals surface area contributed by atoms with Crippen LogP contribution in [0, 0.1) is 0 Å². The summed E-state index contributed by atoms with van der Waals surface area (Å²) >= 11 is 0. The molecule has 12 aromatic heterocycles. The van der Waals surface area contributed by atoms with E-state index in [2.05, 4.69) is 89.2 Å². The van der Waals surface area contributed by atoms with Crippen LogP contribution < -0.4 is 58.1 Å². The largest absolute Gasteiger partial charge is 0.495 e. The Kier molecular flexibility index (Phi) is 27.2. The highest BCUT2D eigenvalue weighted by atomic mass is 19.2. The first kappa shape index (κ1) is 92.8. The van der Waals surface area contributed by atoms with Crippen molar-refractivity contribution >= 4 is 90.2 Å². The van der Waals surface area contributed by atoms with Gasteiger partial charge in [-0.3, -0.25) is 19.9 Å². The first-order chi connectivity index (χ1) is 66.1. The van der Waals surface area contributed by atoms with Crippen molar-refractivity contribution in [1.29, 1.82) is 0 Å². The van der Waals surface area contributed by atoms with Gasteiger partial charge in [0.1, 0.15) is 69.5 Å². The van der Waals surface area contributed by atoms with Crippen molar-refractivity contribution in [2.24, 2.45) is 0 Å². The maximum absolute atomic E-state index is 15.4. The van der Waals surface area contributed by atoms with Crippen molar-refractivity contribution in [2.75, 3.05) is 187 Å². The average molecular weight is 1860 g/mol. The number of pyridine rings is 8. The lowest BCUT2D eigenvalue weighted by Gasteiger charge is -2.36. The lowest BCUT2D eigenvalue weighted by molar-refractivity contribution is 0.0510. The van der Waals surface area contributed by atoms with E-state index in [1.54, 1.807) is 53.2 Å². The number of rotatable bonds is 24. The highest BCUT2D eigenvalue weighted by Crippen LogP contribution is 2.53. The Morgan fingerprint density at radius 1 is 0.338 bits per heavy atom. The fraction of sp³-hybridized carbons (Fsp3) is 0.520. The summed E-state index contributed by atoms with van der Waals surface area (Å²) < 4.78 is 82.9. The smallest absolute Gasteiger partial charge is 0.170 e. The molecule has 0 spiro atoms. The van der Waals surface area contributed by atoms with Gasteiger partial charge >= 0.3 is 0 Å². The van der Waals surface area contributed by atoms with Gasteiger partial charge in [0.2, 0.25) is 0 Å². The molecule has 136 heavy (non-hydrogen) atoms. The maximum Gasteiger partial charge on any atom is 0.170 e. The van der Waals surface area contributed by atoms with E-state index in [-0.39, 0.29) is 48.7 Å². The third-order valence-electron chi connectivity index (χ3n) is 28.9. The minimum Gasteiger partial charge on any atom is -0.495 e. The fourth-order valence-electron chi connectivity index (χ4n) is 20.1. The second kappa shape index (κ2) is 39.8. The van der Waals surface area contributed by atoms with Crippen molar-refractivity contribution in [3.05, 3.63) is 168 Å². The molecular formula is C100H120F4N24O8. The number of aliphatic hydroxyl groups excluding tert-OH is 4. The van der Waals surface area contributed by atoms with Crippen LogP contribution in [0.1, 0.15) is 198 Å². The van der Waals surface area contributed by atoms with Crippen LogP contribution in [0.25, 0.3) is 43.6 Å². The van der Waals surface area contributed by atoms with E-state index in [4.69, 9.17) is 38.9 Å². The summed E-state index contributed by atoms with van der Waals surface area (Å²) in [6.07, 6.45) is 27.6. The molecule has 4 saturated carbocycles. The standard InChI is InChI=1S/C26H31FN6O2.C25H29FN6O2.C25H31FN6O2.C24H29FN6O2/c1-35-21-4-2-10-28-23(21)17-5-11-32(12-6-17)24-19-14-22(33-13-7-18(34)16-33)29-15-20(19)30-25(31-24)26(27)8-3-9-26;1-34-20-3-2-9-27-22(20)16-4-10-31(11-5-16)23-18-13-21(32-12-6-17(33)15-32)28-14-19(18)29-24(30-23)25(26)7-8-25;1-31(13-14-33)21-15-18-19(16-28-21)29-24(25(26)8-4-9-25)30-23(18)32-11-6-17(7-12-32)22-20(34-2)5-3-10-27-22;1-30(12-13-32)20-14-17-18(15-27-20)28-23(24(25)7-8-24)29-22(17)31-10-5-16(6-11-31)21-19(33-2)4-3-9-26-21/h2,4,10,14-15,17-18,34H,3,5-9,11-13,16H2,1H3;2-3,9,13-14,16-17,33H,4-8,10-12,15H2,1H3;3,5,10,15-17,33H,4,6-9,11-14H2,1-2H3;3-4,9,14-16,32H,5-8,10-13H2,1-2H3/t18-;17-;;/m00../s1. The van der Waals surface area contributed by atoms with Crippen LogP contribution in [0.4, 0.5) is 64.1 Å². The molecule has 10 fully saturated rings. The first-order valence-electron chi connectivity index (χ1n) is 48.1. The van der Waals surface area contributed by atoms with Gasteiger partial charge in [-0.25, -0.2) is 77.4 Å². The van der Waals surface area contributed by atoms with Crippen LogP contribution in [0.5, 0.6) is 23.0 Å². The number of likely N-dealkylation sites (N-methyl/N-ethyl adjacent to an activating group) is 2. The number of halogens is 4. The molecule has 0 amide bonds. The Morgan fingerprint density at radius 2 is 0.596 bits per heavy atom. The van der Waals surface area contributed by atoms with Gasteiger partial charge in [0.15, 0.2) is 46.0 Å². The summed E-state index contributed by atoms with van der Waals surface area (Å²) in [6, 6.07) is 23.3. The van der Waals surface area contributed by atoms with Crippen molar-refractivity contribution in [1.82, 2.24) is 79.7 Å². The summed E-state index contributed by atoms with van der Waals surface area (Å²) in [7, 11) is 10.5. The molecule has 0 aromatic carbocycles. The summed E-state index contributed by atoms with van der Waals surface area (Å²) in [5.74, 6) is 11.7. The molecule has 716 valence electrons. The van der Waals surface area contributed by atoms with Gasteiger partial charge in [0, 0.05) is 176 Å².